The molecule has 5 nitrogen and oxygen atoms in total. The molecule has 0 spiro atoms. The summed E-state index contributed by atoms with van der Waals surface area (Å²) in [5.41, 5.74) is 4.31. The molecule has 0 aliphatic rings. The van der Waals surface area contributed by atoms with Gasteiger partial charge in [0.2, 0.25) is 5.95 Å². The van der Waals surface area contributed by atoms with Gasteiger partial charge in [-0.3, -0.25) is 4.98 Å². The lowest BCUT2D eigenvalue weighted by Crippen LogP contribution is -2.05. The molecule has 0 atom stereocenters. The third kappa shape index (κ3) is 4.76. The molecular formula is C20H23N5. The van der Waals surface area contributed by atoms with Gasteiger partial charge in [0, 0.05) is 36.4 Å². The third-order valence-corrected chi connectivity index (χ3v) is 3.88. The summed E-state index contributed by atoms with van der Waals surface area (Å²) in [5.74, 6) is 1.90. The lowest BCUT2D eigenvalue weighted by atomic mass is 10.0. The summed E-state index contributed by atoms with van der Waals surface area (Å²) in [7, 11) is 0. The van der Waals surface area contributed by atoms with E-state index in [-0.39, 0.29) is 0 Å². The SMILES string of the molecule is Cc1cc(NCc2cccnc2)nc(Nc2ccc(C(C)C)cc2)n1. The predicted molar refractivity (Wildman–Crippen MR) is 102 cm³/mol. The molecule has 0 radical (unpaired) electrons. The van der Waals surface area contributed by atoms with Gasteiger partial charge in [-0.05, 0) is 42.2 Å². The molecule has 2 N–H and O–H groups in total. The lowest BCUT2D eigenvalue weighted by Gasteiger charge is -2.11. The zero-order valence-corrected chi connectivity index (χ0v) is 14.8. The van der Waals surface area contributed by atoms with Crippen LogP contribution in [-0.2, 0) is 6.54 Å². The van der Waals surface area contributed by atoms with E-state index in [1.54, 1.807) is 6.20 Å². The van der Waals surface area contributed by atoms with Crippen LogP contribution in [0, 0.1) is 6.92 Å². The first-order valence-electron chi connectivity index (χ1n) is 8.45. The van der Waals surface area contributed by atoms with E-state index in [4.69, 9.17) is 0 Å². The van der Waals surface area contributed by atoms with Gasteiger partial charge in [-0.2, -0.15) is 4.98 Å². The molecule has 1 aromatic carbocycles. The highest BCUT2D eigenvalue weighted by Crippen LogP contribution is 2.20. The second kappa shape index (κ2) is 7.75. The van der Waals surface area contributed by atoms with Gasteiger partial charge < -0.3 is 10.6 Å². The van der Waals surface area contributed by atoms with Crippen molar-refractivity contribution < 1.29 is 0 Å². The van der Waals surface area contributed by atoms with Gasteiger partial charge in [0.25, 0.3) is 0 Å². The topological polar surface area (TPSA) is 62.7 Å². The number of pyridine rings is 1. The van der Waals surface area contributed by atoms with Gasteiger partial charge in [-0.1, -0.05) is 32.0 Å². The number of aryl methyl sites for hydroxylation is 1. The number of hydrogen-bond donors (Lipinski definition) is 2. The summed E-state index contributed by atoms with van der Waals surface area (Å²) in [4.78, 5) is 13.1. The molecule has 0 saturated carbocycles. The first-order valence-corrected chi connectivity index (χ1v) is 8.45. The first-order chi connectivity index (χ1) is 12.1. The highest BCUT2D eigenvalue weighted by atomic mass is 15.1. The molecule has 2 heterocycles. The highest BCUT2D eigenvalue weighted by molar-refractivity contribution is 5.56. The van der Waals surface area contributed by atoms with E-state index in [1.807, 2.05) is 31.3 Å². The highest BCUT2D eigenvalue weighted by Gasteiger charge is 2.04. The fourth-order valence-corrected chi connectivity index (χ4v) is 2.49. The van der Waals surface area contributed by atoms with E-state index in [1.165, 1.54) is 5.56 Å². The Balaban J connectivity index is 1.70. The second-order valence-corrected chi connectivity index (χ2v) is 6.33. The minimum Gasteiger partial charge on any atom is -0.366 e. The minimum absolute atomic E-state index is 0.521. The predicted octanol–water partition coefficient (Wildman–Crippen LogP) is 4.66. The van der Waals surface area contributed by atoms with Crippen LogP contribution in [0.3, 0.4) is 0 Å². The Labute approximate surface area is 148 Å². The van der Waals surface area contributed by atoms with E-state index >= 15 is 0 Å². The van der Waals surface area contributed by atoms with Crippen molar-refractivity contribution in [1.29, 1.82) is 0 Å². The first kappa shape index (κ1) is 16.9. The standard InChI is InChI=1S/C20H23N5/c1-14(2)17-6-8-18(9-7-17)24-20-23-15(3)11-19(25-20)22-13-16-5-4-10-21-12-16/h4-12,14H,13H2,1-3H3,(H2,22,23,24,25). The van der Waals surface area contributed by atoms with Crippen LogP contribution in [0.5, 0.6) is 0 Å². The van der Waals surface area contributed by atoms with E-state index < -0.39 is 0 Å². The van der Waals surface area contributed by atoms with Crippen LogP contribution >= 0.6 is 0 Å². The van der Waals surface area contributed by atoms with Crippen molar-refractivity contribution in [2.24, 2.45) is 0 Å². The van der Waals surface area contributed by atoms with Gasteiger partial charge in [0.1, 0.15) is 5.82 Å². The van der Waals surface area contributed by atoms with Crippen LogP contribution in [-0.4, -0.2) is 15.0 Å². The number of benzene rings is 1. The van der Waals surface area contributed by atoms with E-state index in [0.717, 1.165) is 22.8 Å². The van der Waals surface area contributed by atoms with Gasteiger partial charge in [-0.15, -0.1) is 0 Å². The Kier molecular flexibility index (Phi) is 5.23. The smallest absolute Gasteiger partial charge is 0.229 e. The monoisotopic (exact) mass is 333 g/mol. The Morgan fingerprint density at radius 1 is 1.04 bits per heavy atom. The van der Waals surface area contributed by atoms with Crippen molar-refractivity contribution in [1.82, 2.24) is 15.0 Å². The van der Waals surface area contributed by atoms with Gasteiger partial charge in [-0.25, -0.2) is 4.98 Å². The third-order valence-electron chi connectivity index (χ3n) is 3.88. The average molecular weight is 333 g/mol. The van der Waals surface area contributed by atoms with Gasteiger partial charge >= 0.3 is 0 Å². The molecular weight excluding hydrogens is 310 g/mol. The Hall–Kier alpha value is -2.95. The van der Waals surface area contributed by atoms with Crippen molar-refractivity contribution in [2.45, 2.75) is 33.2 Å². The molecule has 0 bridgehead atoms. The maximum absolute atomic E-state index is 4.55. The number of aromatic nitrogens is 3. The number of nitrogens with zero attached hydrogens (tertiary/aromatic N) is 3. The Morgan fingerprint density at radius 3 is 2.52 bits per heavy atom. The summed E-state index contributed by atoms with van der Waals surface area (Å²) in [6.45, 7) is 7.01. The van der Waals surface area contributed by atoms with E-state index in [2.05, 4.69) is 63.7 Å². The summed E-state index contributed by atoms with van der Waals surface area (Å²) in [5, 5.41) is 6.60. The Bertz CT molecular complexity index is 813. The molecule has 3 aromatic rings. The molecule has 0 aliphatic heterocycles. The van der Waals surface area contributed by atoms with Crippen molar-refractivity contribution in [2.75, 3.05) is 10.6 Å². The molecule has 5 heteroatoms. The normalized spacial score (nSPS) is 10.7. The number of hydrogen-bond acceptors (Lipinski definition) is 5. The molecule has 25 heavy (non-hydrogen) atoms. The van der Waals surface area contributed by atoms with E-state index in [0.29, 0.717) is 18.4 Å². The van der Waals surface area contributed by atoms with Crippen molar-refractivity contribution in [3.8, 4) is 0 Å². The maximum Gasteiger partial charge on any atom is 0.229 e. The number of nitrogens with one attached hydrogen (secondary N) is 2. The Morgan fingerprint density at radius 2 is 1.84 bits per heavy atom. The molecule has 3 rings (SSSR count). The molecule has 0 amide bonds. The molecule has 0 aliphatic carbocycles. The average Bonchev–Trinajstić information content (AvgIpc) is 2.61. The van der Waals surface area contributed by atoms with Gasteiger partial charge in [0.05, 0.1) is 0 Å². The molecule has 0 saturated heterocycles. The minimum atomic E-state index is 0.521. The molecule has 0 fully saturated rings. The van der Waals surface area contributed by atoms with Crippen LogP contribution in [0.25, 0.3) is 0 Å². The summed E-state index contributed by atoms with van der Waals surface area (Å²) >= 11 is 0. The van der Waals surface area contributed by atoms with Crippen molar-refractivity contribution in [3.05, 3.63) is 71.7 Å². The number of anilines is 3. The summed E-state index contributed by atoms with van der Waals surface area (Å²) in [6, 6.07) is 14.3. The molecule has 2 aromatic heterocycles. The summed E-state index contributed by atoms with van der Waals surface area (Å²) < 4.78 is 0. The van der Waals surface area contributed by atoms with E-state index in [9.17, 15) is 0 Å². The number of rotatable bonds is 6. The molecule has 128 valence electrons. The second-order valence-electron chi connectivity index (χ2n) is 6.33. The summed E-state index contributed by atoms with van der Waals surface area (Å²) in [6.07, 6.45) is 3.61. The fourth-order valence-electron chi connectivity index (χ4n) is 2.49. The quantitative estimate of drug-likeness (QED) is 0.687. The van der Waals surface area contributed by atoms with Crippen molar-refractivity contribution >= 4 is 17.5 Å². The van der Waals surface area contributed by atoms with Gasteiger partial charge in [0.15, 0.2) is 0 Å². The zero-order valence-electron chi connectivity index (χ0n) is 14.8. The largest absolute Gasteiger partial charge is 0.366 e. The van der Waals surface area contributed by atoms with Crippen LogP contribution in [0.15, 0.2) is 54.9 Å². The van der Waals surface area contributed by atoms with Crippen LogP contribution in [0.1, 0.15) is 36.6 Å². The maximum atomic E-state index is 4.55. The lowest BCUT2D eigenvalue weighted by molar-refractivity contribution is 0.867. The molecule has 0 unspecified atom stereocenters. The van der Waals surface area contributed by atoms with Crippen LogP contribution < -0.4 is 10.6 Å². The van der Waals surface area contributed by atoms with Crippen molar-refractivity contribution in [3.63, 3.8) is 0 Å². The zero-order chi connectivity index (χ0) is 17.6. The van der Waals surface area contributed by atoms with Crippen LogP contribution in [0.2, 0.25) is 0 Å². The van der Waals surface area contributed by atoms with Crippen LogP contribution in [0.4, 0.5) is 17.5 Å². The fraction of sp³-hybridized carbons (Fsp3) is 0.250.